The number of aliphatic carboxylic acids is 1. The number of carboxylic acids is 1. The highest BCUT2D eigenvalue weighted by molar-refractivity contribution is 5.95. The predicted octanol–water partition coefficient (Wildman–Crippen LogP) is 2.76. The molecule has 2 rings (SSSR count). The average Bonchev–Trinajstić information content (AvgIpc) is 2.81. The molecule has 2 amide bonds. The number of carbonyl (C=O) groups excluding carboxylic acids is 3. The minimum atomic E-state index is -1.52. The molecule has 0 saturated heterocycles. The number of nitrogens with one attached hydrogen (secondary N) is 2. The zero-order chi connectivity index (χ0) is 25.1. The van der Waals surface area contributed by atoms with Gasteiger partial charge in [-0.2, -0.15) is 0 Å². The number of hydrogen-bond donors (Lipinski definition) is 3. The van der Waals surface area contributed by atoms with Gasteiger partial charge in [0.05, 0.1) is 6.42 Å². The highest BCUT2D eigenvalue weighted by Crippen LogP contribution is 2.29. The molecule has 0 heterocycles. The second-order valence-electron chi connectivity index (χ2n) is 8.16. The molecule has 8 nitrogen and oxygen atoms in total. The molecule has 2 unspecified atom stereocenters. The highest BCUT2D eigenvalue weighted by Gasteiger charge is 2.28. The Bertz CT molecular complexity index is 996. The number of ether oxygens (including phenoxy) is 1. The van der Waals surface area contributed by atoms with E-state index in [1.54, 1.807) is 12.1 Å². The van der Waals surface area contributed by atoms with E-state index in [0.717, 1.165) is 11.1 Å². The molecule has 182 valence electrons. The highest BCUT2D eigenvalue weighted by atomic mass is 19.1. The van der Waals surface area contributed by atoms with E-state index in [-0.39, 0.29) is 18.9 Å². The number of benzene rings is 2. The van der Waals surface area contributed by atoms with E-state index in [0.29, 0.717) is 5.75 Å². The average molecular weight is 473 g/mol. The molecule has 3 N–H and O–H groups in total. The van der Waals surface area contributed by atoms with Gasteiger partial charge in [-0.15, -0.1) is 0 Å². The van der Waals surface area contributed by atoms with Crippen molar-refractivity contribution in [2.24, 2.45) is 5.92 Å². The Labute approximate surface area is 197 Å². The van der Waals surface area contributed by atoms with Crippen LogP contribution in [0.3, 0.4) is 0 Å². The van der Waals surface area contributed by atoms with E-state index in [2.05, 4.69) is 10.6 Å². The Kier molecular flexibility index (Phi) is 10.2. The third-order valence-electron chi connectivity index (χ3n) is 4.91. The van der Waals surface area contributed by atoms with Crippen molar-refractivity contribution in [3.05, 3.63) is 54.6 Å². The molecule has 0 bridgehead atoms. The van der Waals surface area contributed by atoms with Gasteiger partial charge in [0.15, 0.2) is 12.4 Å². The Morgan fingerprint density at radius 3 is 2.21 bits per heavy atom. The fourth-order valence-electron chi connectivity index (χ4n) is 3.32. The first kappa shape index (κ1) is 26.5. The van der Waals surface area contributed by atoms with Crippen LogP contribution in [0.25, 0.3) is 11.1 Å². The summed E-state index contributed by atoms with van der Waals surface area (Å²) in [4.78, 5) is 48.0. The summed E-state index contributed by atoms with van der Waals surface area (Å²) in [6.45, 7) is 1.89. The van der Waals surface area contributed by atoms with Crippen LogP contribution in [0.4, 0.5) is 4.39 Å². The summed E-state index contributed by atoms with van der Waals surface area (Å²) >= 11 is 0. The summed E-state index contributed by atoms with van der Waals surface area (Å²) in [6.07, 6.45) is -0.530. The van der Waals surface area contributed by atoms with Crippen molar-refractivity contribution in [3.63, 3.8) is 0 Å². The Morgan fingerprint density at radius 2 is 1.59 bits per heavy atom. The van der Waals surface area contributed by atoms with Crippen LogP contribution in [0, 0.1) is 5.92 Å². The van der Waals surface area contributed by atoms with E-state index >= 15 is 0 Å². The molecule has 0 aliphatic carbocycles. The summed E-state index contributed by atoms with van der Waals surface area (Å²) in [6, 6.07) is 14.1. The Balaban J connectivity index is 2.06. The number of carboxylic acid groups (broad SMARTS) is 1. The molecule has 0 saturated carbocycles. The molecule has 0 fully saturated rings. The summed E-state index contributed by atoms with van der Waals surface area (Å²) < 4.78 is 18.5. The lowest BCUT2D eigenvalue weighted by molar-refractivity contribution is -0.140. The number of amides is 2. The van der Waals surface area contributed by atoms with Crippen LogP contribution < -0.4 is 15.4 Å². The van der Waals surface area contributed by atoms with Crippen molar-refractivity contribution >= 4 is 23.6 Å². The van der Waals surface area contributed by atoms with Crippen LogP contribution >= 0.6 is 0 Å². The predicted molar refractivity (Wildman–Crippen MR) is 124 cm³/mol. The third kappa shape index (κ3) is 8.31. The van der Waals surface area contributed by atoms with Crippen LogP contribution in [-0.4, -0.2) is 54.0 Å². The van der Waals surface area contributed by atoms with Crippen LogP contribution in [0.1, 0.15) is 26.7 Å². The lowest BCUT2D eigenvalue weighted by atomic mass is 10.0. The Hall–Kier alpha value is -3.75. The molecule has 2 aromatic rings. The van der Waals surface area contributed by atoms with Crippen LogP contribution in [0.15, 0.2) is 54.6 Å². The maximum Gasteiger partial charge on any atom is 0.305 e. The van der Waals surface area contributed by atoms with Gasteiger partial charge in [0, 0.05) is 5.56 Å². The largest absolute Gasteiger partial charge is 0.483 e. The van der Waals surface area contributed by atoms with E-state index in [1.165, 1.54) is 0 Å². The van der Waals surface area contributed by atoms with Gasteiger partial charge in [-0.1, -0.05) is 62.4 Å². The van der Waals surface area contributed by atoms with Gasteiger partial charge in [0.2, 0.25) is 5.91 Å². The van der Waals surface area contributed by atoms with Crippen LogP contribution in [0.5, 0.6) is 5.75 Å². The van der Waals surface area contributed by atoms with Crippen molar-refractivity contribution in [2.45, 2.75) is 38.8 Å². The lowest BCUT2D eigenvalue weighted by Crippen LogP contribution is -2.53. The first-order valence-corrected chi connectivity index (χ1v) is 10.9. The summed E-state index contributed by atoms with van der Waals surface area (Å²) in [5.74, 6) is -3.27. The monoisotopic (exact) mass is 472 g/mol. The van der Waals surface area contributed by atoms with Gasteiger partial charge in [0.1, 0.15) is 24.5 Å². The van der Waals surface area contributed by atoms with E-state index in [4.69, 9.17) is 9.84 Å². The van der Waals surface area contributed by atoms with Crippen LogP contribution in [0.2, 0.25) is 0 Å². The van der Waals surface area contributed by atoms with Crippen molar-refractivity contribution in [1.29, 1.82) is 0 Å². The normalized spacial score (nSPS) is 12.5. The smallest absolute Gasteiger partial charge is 0.305 e. The second-order valence-corrected chi connectivity index (χ2v) is 8.16. The molecular weight excluding hydrogens is 443 g/mol. The summed E-state index contributed by atoms with van der Waals surface area (Å²) in [5, 5.41) is 13.8. The Morgan fingerprint density at radius 1 is 0.941 bits per heavy atom. The molecule has 0 aliphatic heterocycles. The number of ketones is 1. The molecule has 2 aromatic carbocycles. The lowest BCUT2D eigenvalue weighted by Gasteiger charge is -2.23. The summed E-state index contributed by atoms with van der Waals surface area (Å²) in [5.41, 5.74) is 1.71. The van der Waals surface area contributed by atoms with Gasteiger partial charge in [0.25, 0.3) is 5.91 Å². The van der Waals surface area contributed by atoms with Crippen molar-refractivity contribution < 1.29 is 33.4 Å². The van der Waals surface area contributed by atoms with E-state index < -0.39 is 48.7 Å². The topological polar surface area (TPSA) is 122 Å². The van der Waals surface area contributed by atoms with Gasteiger partial charge < -0.3 is 20.5 Å². The molecule has 0 aromatic heterocycles. The van der Waals surface area contributed by atoms with Gasteiger partial charge in [-0.05, 0) is 24.0 Å². The number of para-hydroxylation sites is 1. The summed E-state index contributed by atoms with van der Waals surface area (Å²) in [7, 11) is 0. The standard InChI is InChI=1S/C25H29FN2O6/c1-16(2)12-20(25(33)28-19(13-24(31)32)21(29)14-26)27-23(30)15-34-22-11-7-6-10-18(22)17-8-4-3-5-9-17/h3-11,16,19-20H,12-15H2,1-2H3,(H,27,30)(H,28,33)(H,31,32). The zero-order valence-corrected chi connectivity index (χ0v) is 19.1. The van der Waals surface area contributed by atoms with E-state index in [9.17, 15) is 23.6 Å². The minimum absolute atomic E-state index is 0.00873. The first-order chi connectivity index (χ1) is 16.2. The molecule has 0 aliphatic rings. The molecule has 0 radical (unpaired) electrons. The number of alkyl halides is 1. The molecular formula is C25H29FN2O6. The number of hydrogen-bond acceptors (Lipinski definition) is 5. The first-order valence-electron chi connectivity index (χ1n) is 10.9. The van der Waals surface area contributed by atoms with E-state index in [1.807, 2.05) is 56.3 Å². The maximum atomic E-state index is 12.8. The van der Waals surface area contributed by atoms with Gasteiger partial charge in [-0.25, -0.2) is 4.39 Å². The number of rotatable bonds is 13. The molecule has 9 heteroatoms. The van der Waals surface area contributed by atoms with Crippen molar-refractivity contribution in [1.82, 2.24) is 10.6 Å². The van der Waals surface area contributed by atoms with Crippen molar-refractivity contribution in [3.8, 4) is 16.9 Å². The molecule has 2 atom stereocenters. The van der Waals surface area contributed by atoms with Crippen molar-refractivity contribution in [2.75, 3.05) is 13.3 Å². The number of carbonyl (C=O) groups is 4. The SMILES string of the molecule is CC(C)CC(NC(=O)COc1ccccc1-c1ccccc1)C(=O)NC(CC(=O)O)C(=O)CF. The minimum Gasteiger partial charge on any atom is -0.483 e. The number of Topliss-reactive ketones (excluding diaryl/α,β-unsaturated/α-hetero) is 1. The maximum absolute atomic E-state index is 12.8. The van der Waals surface area contributed by atoms with Gasteiger partial charge >= 0.3 is 5.97 Å². The fourth-order valence-corrected chi connectivity index (χ4v) is 3.32. The van der Waals surface area contributed by atoms with Crippen LogP contribution in [-0.2, 0) is 19.2 Å². The molecule has 0 spiro atoms. The second kappa shape index (κ2) is 13.1. The zero-order valence-electron chi connectivity index (χ0n) is 19.1. The third-order valence-corrected chi connectivity index (χ3v) is 4.91. The van der Waals surface area contributed by atoms with Gasteiger partial charge in [-0.3, -0.25) is 19.2 Å². The fraction of sp³-hybridized carbons (Fsp3) is 0.360. The number of halogens is 1. The molecule has 34 heavy (non-hydrogen) atoms. The quantitative estimate of drug-likeness (QED) is 0.412.